The van der Waals surface area contributed by atoms with Gasteiger partial charge >= 0.3 is 12.2 Å². The Balaban J connectivity index is 1.59. The number of hydrogen-bond acceptors (Lipinski definition) is 4. The van der Waals surface area contributed by atoms with Crippen molar-refractivity contribution >= 4 is 18.1 Å². The maximum absolute atomic E-state index is 13.4. The molecule has 0 bridgehead atoms. The molecule has 2 saturated heterocycles. The molecule has 2 aromatic rings. The summed E-state index contributed by atoms with van der Waals surface area (Å²) in [5, 5.41) is 9.45. The van der Waals surface area contributed by atoms with Gasteiger partial charge in [0.15, 0.2) is 0 Å². The number of rotatable bonds is 4. The second kappa shape index (κ2) is 7.95. The molecule has 0 aliphatic carbocycles. The van der Waals surface area contributed by atoms with E-state index >= 15 is 0 Å². The molecule has 1 N–H and O–H groups in total. The second-order valence-electron chi connectivity index (χ2n) is 7.44. The number of nitrogens with zero attached hydrogens (tertiary/aromatic N) is 2. The molecule has 0 unspecified atom stereocenters. The molecule has 4 rings (SSSR count). The highest BCUT2D eigenvalue weighted by Gasteiger charge is 2.47. The van der Waals surface area contributed by atoms with Crippen LogP contribution in [0.5, 0.6) is 0 Å². The van der Waals surface area contributed by atoms with Crippen LogP contribution in [0.15, 0.2) is 60.7 Å². The Morgan fingerprint density at radius 1 is 1.00 bits per heavy atom. The number of carbonyl (C=O) groups is 3. The zero-order valence-electron chi connectivity index (χ0n) is 15.8. The molecule has 2 aliphatic rings. The van der Waals surface area contributed by atoms with Gasteiger partial charge in [0, 0.05) is 19.0 Å². The molecule has 2 aliphatic heterocycles. The number of hydrogen-bond donors (Lipinski definition) is 1. The van der Waals surface area contributed by atoms with Crippen LogP contribution in [0.4, 0.5) is 9.59 Å². The van der Waals surface area contributed by atoms with Crippen molar-refractivity contribution in [3.05, 3.63) is 71.8 Å². The molecule has 2 fully saturated rings. The molecule has 0 saturated carbocycles. The molecule has 0 aromatic heterocycles. The molecule has 3 atom stereocenters. The van der Waals surface area contributed by atoms with Crippen molar-refractivity contribution in [2.75, 3.05) is 19.7 Å². The third kappa shape index (κ3) is 3.81. The minimum atomic E-state index is -1.06. The second-order valence-corrected chi connectivity index (χ2v) is 7.44. The van der Waals surface area contributed by atoms with E-state index in [-0.39, 0.29) is 31.5 Å². The summed E-state index contributed by atoms with van der Waals surface area (Å²) in [6.07, 6.45) is -1.22. The van der Waals surface area contributed by atoms with Crippen molar-refractivity contribution in [2.24, 2.45) is 5.92 Å². The minimum absolute atomic E-state index is 0.0650. The standard InChI is InChI=1S/C22H22N2O5/c25-20(24-17(14-29-22(24)28)11-15-7-3-1-4-8-15)19-13-23(21(26)27)12-18(19)16-9-5-2-6-10-16/h1-10,17-19H,11-14H2,(H,26,27)/t17-,18+,19-/m1/s1. The van der Waals surface area contributed by atoms with E-state index in [4.69, 9.17) is 4.74 Å². The Hall–Kier alpha value is -3.35. The summed E-state index contributed by atoms with van der Waals surface area (Å²) < 4.78 is 5.18. The highest BCUT2D eigenvalue weighted by atomic mass is 16.6. The smallest absolute Gasteiger partial charge is 0.416 e. The topological polar surface area (TPSA) is 87.2 Å². The SMILES string of the molecule is O=C(O)N1C[C@@H](C(=O)N2C(=O)OC[C@H]2Cc2ccccc2)[C@H](c2ccccc2)C1. The van der Waals surface area contributed by atoms with Crippen molar-refractivity contribution in [1.29, 1.82) is 0 Å². The van der Waals surface area contributed by atoms with Gasteiger partial charge in [-0.2, -0.15) is 0 Å². The minimum Gasteiger partial charge on any atom is -0.465 e. The van der Waals surface area contributed by atoms with Crippen LogP contribution in [0.3, 0.4) is 0 Å². The lowest BCUT2D eigenvalue weighted by Gasteiger charge is -2.25. The van der Waals surface area contributed by atoms with Crippen LogP contribution in [-0.2, 0) is 16.0 Å². The predicted octanol–water partition coefficient (Wildman–Crippen LogP) is 2.97. The maximum Gasteiger partial charge on any atom is 0.416 e. The van der Waals surface area contributed by atoms with E-state index in [1.54, 1.807) is 0 Å². The molecule has 150 valence electrons. The monoisotopic (exact) mass is 394 g/mol. The fourth-order valence-electron chi connectivity index (χ4n) is 4.19. The summed E-state index contributed by atoms with van der Waals surface area (Å²) in [5.74, 6) is -1.30. The number of benzene rings is 2. The first-order valence-electron chi connectivity index (χ1n) is 9.61. The third-order valence-corrected chi connectivity index (χ3v) is 5.65. The van der Waals surface area contributed by atoms with Crippen LogP contribution in [0.1, 0.15) is 17.0 Å². The molecule has 3 amide bonds. The van der Waals surface area contributed by atoms with Gasteiger partial charge in [0.25, 0.3) is 0 Å². The summed E-state index contributed by atoms with van der Waals surface area (Å²) >= 11 is 0. The Morgan fingerprint density at radius 2 is 1.66 bits per heavy atom. The van der Waals surface area contributed by atoms with E-state index < -0.39 is 24.1 Å². The lowest BCUT2D eigenvalue weighted by molar-refractivity contribution is -0.133. The molecule has 29 heavy (non-hydrogen) atoms. The lowest BCUT2D eigenvalue weighted by Crippen LogP contribution is -2.45. The fraction of sp³-hybridized carbons (Fsp3) is 0.318. The van der Waals surface area contributed by atoms with Crippen molar-refractivity contribution < 1.29 is 24.2 Å². The van der Waals surface area contributed by atoms with Crippen LogP contribution >= 0.6 is 0 Å². The highest BCUT2D eigenvalue weighted by molar-refractivity contribution is 5.96. The van der Waals surface area contributed by atoms with Crippen molar-refractivity contribution in [1.82, 2.24) is 9.80 Å². The number of carboxylic acid groups (broad SMARTS) is 1. The van der Waals surface area contributed by atoms with Crippen molar-refractivity contribution in [3.8, 4) is 0 Å². The normalized spacial score (nSPS) is 23.9. The zero-order valence-corrected chi connectivity index (χ0v) is 15.8. The lowest BCUT2D eigenvalue weighted by atomic mass is 9.87. The molecule has 7 nitrogen and oxygen atoms in total. The van der Waals surface area contributed by atoms with Crippen LogP contribution in [0.25, 0.3) is 0 Å². The van der Waals surface area contributed by atoms with E-state index in [1.165, 1.54) is 9.80 Å². The quantitative estimate of drug-likeness (QED) is 0.862. The van der Waals surface area contributed by atoms with Gasteiger partial charge in [0.05, 0.1) is 12.0 Å². The number of carbonyl (C=O) groups excluding carboxylic acids is 2. The van der Waals surface area contributed by atoms with Crippen LogP contribution in [-0.4, -0.2) is 58.7 Å². The van der Waals surface area contributed by atoms with Gasteiger partial charge in [0.2, 0.25) is 5.91 Å². The average Bonchev–Trinajstić information content (AvgIpc) is 3.33. The molecular formula is C22H22N2O5. The summed E-state index contributed by atoms with van der Waals surface area (Å²) in [6.45, 7) is 0.433. The van der Waals surface area contributed by atoms with Gasteiger partial charge in [0.1, 0.15) is 6.61 Å². The van der Waals surface area contributed by atoms with Crippen LogP contribution in [0.2, 0.25) is 0 Å². The summed E-state index contributed by atoms with van der Waals surface area (Å²) in [5.41, 5.74) is 1.90. The number of likely N-dealkylation sites (tertiary alicyclic amines) is 1. The van der Waals surface area contributed by atoms with Crippen LogP contribution in [0, 0.1) is 5.92 Å². The van der Waals surface area contributed by atoms with E-state index in [9.17, 15) is 19.5 Å². The predicted molar refractivity (Wildman–Crippen MR) is 104 cm³/mol. The molecule has 0 spiro atoms. The summed E-state index contributed by atoms with van der Waals surface area (Å²) in [4.78, 5) is 39.8. The van der Waals surface area contributed by atoms with Gasteiger partial charge < -0.3 is 14.7 Å². The summed E-state index contributed by atoms with van der Waals surface area (Å²) in [7, 11) is 0. The van der Waals surface area contributed by atoms with Gasteiger partial charge in [-0.1, -0.05) is 60.7 Å². The molecule has 7 heteroatoms. The fourth-order valence-corrected chi connectivity index (χ4v) is 4.19. The summed E-state index contributed by atoms with van der Waals surface area (Å²) in [6, 6.07) is 18.6. The van der Waals surface area contributed by atoms with Gasteiger partial charge in [-0.25, -0.2) is 14.5 Å². The molecule has 0 radical (unpaired) electrons. The van der Waals surface area contributed by atoms with E-state index in [1.807, 2.05) is 60.7 Å². The zero-order chi connectivity index (χ0) is 20.4. The Morgan fingerprint density at radius 3 is 2.31 bits per heavy atom. The maximum atomic E-state index is 13.4. The highest BCUT2D eigenvalue weighted by Crippen LogP contribution is 2.35. The van der Waals surface area contributed by atoms with Crippen molar-refractivity contribution in [3.63, 3.8) is 0 Å². The van der Waals surface area contributed by atoms with Gasteiger partial charge in [-0.3, -0.25) is 4.79 Å². The van der Waals surface area contributed by atoms with Gasteiger partial charge in [-0.05, 0) is 17.5 Å². The number of imide groups is 1. The van der Waals surface area contributed by atoms with Crippen molar-refractivity contribution in [2.45, 2.75) is 18.4 Å². The van der Waals surface area contributed by atoms with E-state index in [0.29, 0.717) is 6.42 Å². The third-order valence-electron chi connectivity index (χ3n) is 5.65. The number of cyclic esters (lactones) is 1. The number of amides is 3. The molecular weight excluding hydrogens is 372 g/mol. The Kier molecular flexibility index (Phi) is 5.20. The first-order valence-corrected chi connectivity index (χ1v) is 9.61. The van der Waals surface area contributed by atoms with Gasteiger partial charge in [-0.15, -0.1) is 0 Å². The van der Waals surface area contributed by atoms with E-state index in [0.717, 1.165) is 11.1 Å². The first-order chi connectivity index (χ1) is 14.0. The average molecular weight is 394 g/mol. The Labute approximate surface area is 168 Å². The molecule has 2 heterocycles. The van der Waals surface area contributed by atoms with E-state index in [2.05, 4.69) is 0 Å². The molecule has 2 aromatic carbocycles. The van der Waals surface area contributed by atoms with Crippen LogP contribution < -0.4 is 0 Å². The largest absolute Gasteiger partial charge is 0.465 e. The first kappa shape index (κ1) is 19.0. The Bertz CT molecular complexity index is 902. The number of ether oxygens (including phenoxy) is 1.